The van der Waals surface area contributed by atoms with Gasteiger partial charge in [-0.15, -0.1) is 0 Å². The van der Waals surface area contributed by atoms with Crippen LogP contribution in [0.15, 0.2) is 40.9 Å². The Morgan fingerprint density at radius 2 is 1.82 bits per heavy atom. The van der Waals surface area contributed by atoms with Crippen LogP contribution < -0.4 is 11.1 Å². The minimum absolute atomic E-state index is 0.0669. The molecule has 0 spiro atoms. The number of rotatable bonds is 2. The van der Waals surface area contributed by atoms with E-state index in [9.17, 15) is 22.4 Å². The minimum Gasteiger partial charge on any atom is -0.398 e. The number of nitrogen functional groups attached to an aromatic ring is 1. The average molecular weight is 377 g/mol. The quantitative estimate of drug-likeness (QED) is 0.601. The molecule has 8 heteroatoms. The zero-order chi connectivity index (χ0) is 16.5. The molecule has 0 fully saturated rings. The number of hydrogen-bond acceptors (Lipinski definition) is 2. The largest absolute Gasteiger partial charge is 0.418 e. The second kappa shape index (κ2) is 5.96. The molecule has 22 heavy (non-hydrogen) atoms. The van der Waals surface area contributed by atoms with E-state index in [-0.39, 0.29) is 15.7 Å². The molecule has 0 saturated heterocycles. The Morgan fingerprint density at radius 1 is 1.14 bits per heavy atom. The van der Waals surface area contributed by atoms with Crippen LogP contribution in [0.1, 0.15) is 15.9 Å². The number of carbonyl (C=O) groups is 1. The molecule has 0 radical (unpaired) electrons. The number of hydrogen-bond donors (Lipinski definition) is 2. The summed E-state index contributed by atoms with van der Waals surface area (Å²) in [6.07, 6.45) is -4.62. The van der Waals surface area contributed by atoms with Crippen LogP contribution >= 0.6 is 15.9 Å². The van der Waals surface area contributed by atoms with E-state index < -0.39 is 29.2 Å². The summed E-state index contributed by atoms with van der Waals surface area (Å²) in [6.45, 7) is 0. The summed E-state index contributed by atoms with van der Waals surface area (Å²) in [4.78, 5) is 12.0. The molecule has 0 saturated carbocycles. The van der Waals surface area contributed by atoms with Crippen LogP contribution in [-0.4, -0.2) is 5.91 Å². The van der Waals surface area contributed by atoms with Gasteiger partial charge in [-0.25, -0.2) is 4.39 Å². The van der Waals surface area contributed by atoms with Crippen molar-refractivity contribution in [2.24, 2.45) is 0 Å². The molecule has 3 nitrogen and oxygen atoms in total. The van der Waals surface area contributed by atoms with Gasteiger partial charge in [-0.05, 0) is 52.3 Å². The summed E-state index contributed by atoms with van der Waals surface area (Å²) >= 11 is 3.02. The van der Waals surface area contributed by atoms with Crippen molar-refractivity contribution in [2.45, 2.75) is 6.18 Å². The number of alkyl halides is 3. The second-order valence-corrected chi connectivity index (χ2v) is 5.23. The van der Waals surface area contributed by atoms with Gasteiger partial charge in [0, 0.05) is 15.8 Å². The first-order valence-corrected chi connectivity index (χ1v) is 6.71. The lowest BCUT2D eigenvalue weighted by atomic mass is 10.1. The highest BCUT2D eigenvalue weighted by Crippen LogP contribution is 2.35. The van der Waals surface area contributed by atoms with Crippen molar-refractivity contribution in [1.29, 1.82) is 0 Å². The summed E-state index contributed by atoms with van der Waals surface area (Å²) in [7, 11) is 0. The van der Waals surface area contributed by atoms with E-state index in [1.54, 1.807) is 0 Å². The Morgan fingerprint density at radius 3 is 2.41 bits per heavy atom. The van der Waals surface area contributed by atoms with Crippen LogP contribution in [0.5, 0.6) is 0 Å². The van der Waals surface area contributed by atoms with Gasteiger partial charge in [-0.3, -0.25) is 4.79 Å². The Labute approximate surface area is 131 Å². The van der Waals surface area contributed by atoms with E-state index in [1.165, 1.54) is 12.1 Å². The summed E-state index contributed by atoms with van der Waals surface area (Å²) in [5, 5.41) is 2.31. The molecule has 0 aliphatic carbocycles. The Kier molecular flexibility index (Phi) is 4.41. The molecule has 2 aromatic carbocycles. The lowest BCUT2D eigenvalue weighted by molar-refractivity contribution is -0.136. The highest BCUT2D eigenvalue weighted by molar-refractivity contribution is 9.10. The molecule has 2 aromatic rings. The molecule has 0 aliphatic rings. The number of nitrogens with two attached hydrogens (primary N) is 1. The lowest BCUT2D eigenvalue weighted by Gasteiger charge is -2.13. The van der Waals surface area contributed by atoms with Gasteiger partial charge in [0.2, 0.25) is 0 Å². The molecule has 1 amide bonds. The zero-order valence-electron chi connectivity index (χ0n) is 10.8. The molecule has 0 aromatic heterocycles. The molecular weight excluding hydrogens is 368 g/mol. The van der Waals surface area contributed by atoms with Crippen molar-refractivity contribution < 1.29 is 22.4 Å². The van der Waals surface area contributed by atoms with E-state index >= 15 is 0 Å². The van der Waals surface area contributed by atoms with Gasteiger partial charge < -0.3 is 11.1 Å². The van der Waals surface area contributed by atoms with Crippen molar-refractivity contribution in [1.82, 2.24) is 0 Å². The fraction of sp³-hybridized carbons (Fsp3) is 0.0714. The summed E-state index contributed by atoms with van der Waals surface area (Å²) in [5.74, 6) is -1.22. The number of carbonyl (C=O) groups excluding carboxylic acids is 1. The number of benzene rings is 2. The first-order chi connectivity index (χ1) is 10.2. The molecule has 3 N–H and O–H groups in total. The van der Waals surface area contributed by atoms with Gasteiger partial charge in [0.25, 0.3) is 5.91 Å². The van der Waals surface area contributed by atoms with Crippen LogP contribution in [0.4, 0.5) is 28.9 Å². The smallest absolute Gasteiger partial charge is 0.398 e. The molecule has 0 unspecified atom stereocenters. The van der Waals surface area contributed by atoms with Crippen molar-refractivity contribution in [3.05, 3.63) is 57.8 Å². The fourth-order valence-corrected chi connectivity index (χ4v) is 2.28. The highest BCUT2D eigenvalue weighted by Gasteiger charge is 2.33. The molecular formula is C14H9BrF4N2O. The van der Waals surface area contributed by atoms with Crippen molar-refractivity contribution >= 4 is 33.2 Å². The minimum atomic E-state index is -4.62. The molecule has 0 atom stereocenters. The third-order valence-electron chi connectivity index (χ3n) is 2.79. The monoisotopic (exact) mass is 376 g/mol. The van der Waals surface area contributed by atoms with Crippen LogP contribution in [-0.2, 0) is 6.18 Å². The van der Waals surface area contributed by atoms with Crippen molar-refractivity contribution in [2.75, 3.05) is 11.1 Å². The van der Waals surface area contributed by atoms with E-state index in [0.29, 0.717) is 0 Å². The van der Waals surface area contributed by atoms with Crippen LogP contribution in [0, 0.1) is 5.82 Å². The maximum Gasteiger partial charge on any atom is 0.418 e. The third-order valence-corrected chi connectivity index (χ3v) is 3.45. The lowest BCUT2D eigenvalue weighted by Crippen LogP contribution is -2.15. The zero-order valence-corrected chi connectivity index (χ0v) is 12.4. The second-order valence-electron chi connectivity index (χ2n) is 4.38. The van der Waals surface area contributed by atoms with E-state index in [0.717, 1.165) is 24.3 Å². The normalized spacial score (nSPS) is 11.3. The van der Waals surface area contributed by atoms with Gasteiger partial charge in [0.1, 0.15) is 5.82 Å². The van der Waals surface area contributed by atoms with Crippen LogP contribution in [0.3, 0.4) is 0 Å². The Bertz CT molecular complexity index is 731. The van der Waals surface area contributed by atoms with E-state index in [4.69, 9.17) is 5.73 Å². The number of halogens is 5. The SMILES string of the molecule is Nc1ccc(NC(=O)c2ccc(F)cc2Br)cc1C(F)(F)F. The number of nitrogens with one attached hydrogen (secondary N) is 1. The van der Waals surface area contributed by atoms with Crippen LogP contribution in [0.2, 0.25) is 0 Å². The molecule has 0 bridgehead atoms. The average Bonchev–Trinajstić information content (AvgIpc) is 2.39. The van der Waals surface area contributed by atoms with Gasteiger partial charge >= 0.3 is 6.18 Å². The van der Waals surface area contributed by atoms with E-state index in [1.807, 2.05) is 0 Å². The summed E-state index contributed by atoms with van der Waals surface area (Å²) in [6, 6.07) is 6.42. The maximum absolute atomic E-state index is 13.0. The Hall–Kier alpha value is -2.09. The fourth-order valence-electron chi connectivity index (χ4n) is 1.75. The van der Waals surface area contributed by atoms with Gasteiger partial charge in [-0.2, -0.15) is 13.2 Å². The van der Waals surface area contributed by atoms with E-state index in [2.05, 4.69) is 21.2 Å². The topological polar surface area (TPSA) is 55.1 Å². The molecule has 116 valence electrons. The predicted octanol–water partition coefficient (Wildman–Crippen LogP) is 4.44. The first-order valence-electron chi connectivity index (χ1n) is 5.91. The standard InChI is InChI=1S/C14H9BrF4N2O/c15-11-5-7(16)1-3-9(11)13(22)21-8-2-4-12(20)10(6-8)14(17,18)19/h1-6H,20H2,(H,21,22). The van der Waals surface area contributed by atoms with Gasteiger partial charge in [0.05, 0.1) is 11.1 Å². The molecule has 0 heterocycles. The van der Waals surface area contributed by atoms with Crippen molar-refractivity contribution in [3.8, 4) is 0 Å². The molecule has 0 aliphatic heterocycles. The Balaban J connectivity index is 2.29. The van der Waals surface area contributed by atoms with Gasteiger partial charge in [0.15, 0.2) is 0 Å². The summed E-state index contributed by atoms with van der Waals surface area (Å²) < 4.78 is 51.4. The predicted molar refractivity (Wildman–Crippen MR) is 77.9 cm³/mol. The van der Waals surface area contributed by atoms with Crippen molar-refractivity contribution in [3.63, 3.8) is 0 Å². The van der Waals surface area contributed by atoms with Crippen LogP contribution in [0.25, 0.3) is 0 Å². The molecule has 2 rings (SSSR count). The summed E-state index contributed by atoms with van der Waals surface area (Å²) in [5.41, 5.74) is 3.82. The highest BCUT2D eigenvalue weighted by atomic mass is 79.9. The maximum atomic E-state index is 13.0. The third kappa shape index (κ3) is 3.56. The first kappa shape index (κ1) is 16.3. The number of anilines is 2. The van der Waals surface area contributed by atoms with Gasteiger partial charge in [-0.1, -0.05) is 0 Å². The number of amides is 1.